The highest BCUT2D eigenvalue weighted by Gasteiger charge is 2.25. The molecule has 2 heterocycles. The van der Waals surface area contributed by atoms with Gasteiger partial charge in [0.2, 0.25) is 5.91 Å². The van der Waals surface area contributed by atoms with Gasteiger partial charge in [0.05, 0.1) is 0 Å². The van der Waals surface area contributed by atoms with Gasteiger partial charge in [-0.25, -0.2) is 9.97 Å². The van der Waals surface area contributed by atoms with Gasteiger partial charge in [-0.2, -0.15) is 0 Å². The van der Waals surface area contributed by atoms with Crippen molar-refractivity contribution in [3.63, 3.8) is 0 Å². The van der Waals surface area contributed by atoms with Gasteiger partial charge >= 0.3 is 0 Å². The predicted octanol–water partition coefficient (Wildman–Crippen LogP) is 2.00. The first-order chi connectivity index (χ1) is 10.4. The van der Waals surface area contributed by atoms with Crippen molar-refractivity contribution < 1.29 is 4.79 Å². The Morgan fingerprint density at radius 1 is 1.17 bits per heavy atom. The lowest BCUT2D eigenvalue weighted by molar-refractivity contribution is -0.134. The van der Waals surface area contributed by atoms with E-state index in [1.165, 1.54) is 0 Å². The molecule has 0 saturated carbocycles. The first-order valence-electron chi connectivity index (χ1n) is 8.01. The maximum atomic E-state index is 12.2. The van der Waals surface area contributed by atoms with Crippen molar-refractivity contribution >= 4 is 36.5 Å². The van der Waals surface area contributed by atoms with Crippen molar-refractivity contribution in [3.8, 4) is 0 Å². The molecule has 0 bridgehead atoms. The van der Waals surface area contributed by atoms with Crippen LogP contribution in [0.3, 0.4) is 0 Å². The Morgan fingerprint density at radius 3 is 2.25 bits per heavy atom. The quantitative estimate of drug-likeness (QED) is 0.867. The number of carbonyl (C=O) groups excluding carboxylic acids is 1. The highest BCUT2D eigenvalue weighted by atomic mass is 35.5. The first kappa shape index (κ1) is 22.9. The highest BCUT2D eigenvalue weighted by molar-refractivity contribution is 5.85. The van der Waals surface area contributed by atoms with Gasteiger partial charge in [-0.05, 0) is 6.92 Å². The number of aromatic nitrogens is 2. The third-order valence-corrected chi connectivity index (χ3v) is 4.06. The Balaban J connectivity index is 0.00000264. The van der Waals surface area contributed by atoms with Gasteiger partial charge in [0.15, 0.2) is 0 Å². The van der Waals surface area contributed by atoms with E-state index < -0.39 is 0 Å². The Bertz CT molecular complexity index is 533. The zero-order valence-corrected chi connectivity index (χ0v) is 16.5. The summed E-state index contributed by atoms with van der Waals surface area (Å²) in [5.74, 6) is 2.22. The molecule has 2 N–H and O–H groups in total. The number of nitrogens with two attached hydrogens (primary N) is 1. The van der Waals surface area contributed by atoms with Gasteiger partial charge in [-0.15, -0.1) is 24.8 Å². The molecule has 1 unspecified atom stereocenters. The van der Waals surface area contributed by atoms with Crippen LogP contribution in [0.1, 0.15) is 38.2 Å². The molecule has 138 valence electrons. The van der Waals surface area contributed by atoms with Gasteiger partial charge in [0.1, 0.15) is 11.6 Å². The number of halogens is 2. The summed E-state index contributed by atoms with van der Waals surface area (Å²) in [7, 11) is 0. The molecule has 1 aromatic heterocycles. The van der Waals surface area contributed by atoms with Crippen LogP contribution in [0.25, 0.3) is 0 Å². The number of hydrogen-bond donors (Lipinski definition) is 1. The molecule has 1 aromatic rings. The van der Waals surface area contributed by atoms with Crippen LogP contribution in [0.15, 0.2) is 6.07 Å². The lowest BCUT2D eigenvalue weighted by atomic mass is 10.1. The fourth-order valence-electron chi connectivity index (χ4n) is 2.56. The minimum Gasteiger partial charge on any atom is -0.353 e. The molecule has 1 aliphatic heterocycles. The van der Waals surface area contributed by atoms with E-state index >= 15 is 0 Å². The SMILES string of the molecule is Cc1cc(N2CCN(C(=O)C(C)CN)CC2)nc(C(C)C)n1.Cl.Cl. The number of aryl methyl sites for hydroxylation is 1. The minimum atomic E-state index is -0.0969. The molecule has 1 fully saturated rings. The second kappa shape index (κ2) is 10.0. The Hall–Kier alpha value is -1.11. The van der Waals surface area contributed by atoms with Crippen molar-refractivity contribution in [1.29, 1.82) is 0 Å². The highest BCUT2D eigenvalue weighted by Crippen LogP contribution is 2.19. The number of piperazine rings is 1. The summed E-state index contributed by atoms with van der Waals surface area (Å²) in [6, 6.07) is 2.02. The topological polar surface area (TPSA) is 75.3 Å². The van der Waals surface area contributed by atoms with Crippen LogP contribution in [0.2, 0.25) is 0 Å². The molecule has 1 aliphatic rings. The van der Waals surface area contributed by atoms with Crippen LogP contribution in [0, 0.1) is 12.8 Å². The Morgan fingerprint density at radius 2 is 1.75 bits per heavy atom. The van der Waals surface area contributed by atoms with E-state index in [4.69, 9.17) is 5.73 Å². The van der Waals surface area contributed by atoms with Crippen LogP contribution in [0.4, 0.5) is 5.82 Å². The average Bonchev–Trinajstić information content (AvgIpc) is 2.53. The van der Waals surface area contributed by atoms with E-state index in [0.717, 1.165) is 43.5 Å². The summed E-state index contributed by atoms with van der Waals surface area (Å²) in [6.45, 7) is 11.5. The fourth-order valence-corrected chi connectivity index (χ4v) is 2.56. The van der Waals surface area contributed by atoms with Crippen molar-refractivity contribution in [3.05, 3.63) is 17.6 Å². The molecule has 0 radical (unpaired) electrons. The second-order valence-electron chi connectivity index (χ2n) is 6.33. The lowest BCUT2D eigenvalue weighted by Gasteiger charge is -2.36. The van der Waals surface area contributed by atoms with Gasteiger partial charge < -0.3 is 15.5 Å². The molecule has 2 rings (SSSR count). The maximum Gasteiger partial charge on any atom is 0.226 e. The van der Waals surface area contributed by atoms with Crippen molar-refractivity contribution in [2.75, 3.05) is 37.6 Å². The van der Waals surface area contributed by atoms with Crippen LogP contribution in [-0.4, -0.2) is 53.5 Å². The van der Waals surface area contributed by atoms with Crippen LogP contribution in [0.5, 0.6) is 0 Å². The molecule has 6 nitrogen and oxygen atoms in total. The normalized spacial score (nSPS) is 15.6. The van der Waals surface area contributed by atoms with E-state index in [1.807, 2.05) is 24.8 Å². The number of nitrogens with zero attached hydrogens (tertiary/aromatic N) is 4. The number of amides is 1. The molecule has 24 heavy (non-hydrogen) atoms. The molecule has 0 spiro atoms. The smallest absolute Gasteiger partial charge is 0.226 e. The average molecular weight is 378 g/mol. The Labute approximate surface area is 157 Å². The lowest BCUT2D eigenvalue weighted by Crippen LogP contribution is -2.51. The van der Waals surface area contributed by atoms with E-state index in [1.54, 1.807) is 0 Å². The second-order valence-corrected chi connectivity index (χ2v) is 6.33. The summed E-state index contributed by atoms with van der Waals surface area (Å²) in [4.78, 5) is 25.5. The third-order valence-electron chi connectivity index (χ3n) is 4.06. The fraction of sp³-hybridized carbons (Fsp3) is 0.688. The zero-order chi connectivity index (χ0) is 16.3. The van der Waals surface area contributed by atoms with Gasteiger partial charge in [0.25, 0.3) is 0 Å². The number of anilines is 1. The molecule has 0 aromatic carbocycles. The summed E-state index contributed by atoms with van der Waals surface area (Å²) < 4.78 is 0. The number of hydrogen-bond acceptors (Lipinski definition) is 5. The summed E-state index contributed by atoms with van der Waals surface area (Å²) in [5, 5.41) is 0. The van der Waals surface area contributed by atoms with E-state index in [9.17, 15) is 4.79 Å². The minimum absolute atomic E-state index is 0. The molecular formula is C16H29Cl2N5O. The van der Waals surface area contributed by atoms with Crippen molar-refractivity contribution in [1.82, 2.24) is 14.9 Å². The Kier molecular flexibility index (Phi) is 9.55. The van der Waals surface area contributed by atoms with E-state index in [2.05, 4.69) is 28.7 Å². The number of carbonyl (C=O) groups is 1. The molecular weight excluding hydrogens is 349 g/mol. The predicted molar refractivity (Wildman–Crippen MR) is 102 cm³/mol. The van der Waals surface area contributed by atoms with Gasteiger partial charge in [0, 0.05) is 56.3 Å². The van der Waals surface area contributed by atoms with Crippen LogP contribution < -0.4 is 10.6 Å². The van der Waals surface area contributed by atoms with Crippen molar-refractivity contribution in [2.24, 2.45) is 11.7 Å². The van der Waals surface area contributed by atoms with Crippen molar-refractivity contribution in [2.45, 2.75) is 33.6 Å². The largest absolute Gasteiger partial charge is 0.353 e. The summed E-state index contributed by atoms with van der Waals surface area (Å²) >= 11 is 0. The maximum absolute atomic E-state index is 12.2. The third kappa shape index (κ3) is 5.46. The van der Waals surface area contributed by atoms with E-state index in [0.29, 0.717) is 12.5 Å². The van der Waals surface area contributed by atoms with Gasteiger partial charge in [-0.3, -0.25) is 4.79 Å². The monoisotopic (exact) mass is 377 g/mol. The standard InChI is InChI=1S/C16H27N5O.2ClH/c1-11(2)15-18-13(4)9-14(19-15)20-5-7-21(8-6-20)16(22)12(3)10-17;;/h9,11-12H,5-8,10,17H2,1-4H3;2*1H. The zero-order valence-electron chi connectivity index (χ0n) is 14.9. The van der Waals surface area contributed by atoms with Gasteiger partial charge in [-0.1, -0.05) is 20.8 Å². The summed E-state index contributed by atoms with van der Waals surface area (Å²) in [5.41, 5.74) is 6.57. The van der Waals surface area contributed by atoms with Crippen LogP contribution >= 0.6 is 24.8 Å². The summed E-state index contributed by atoms with van der Waals surface area (Å²) in [6.07, 6.45) is 0. The van der Waals surface area contributed by atoms with E-state index in [-0.39, 0.29) is 36.6 Å². The molecule has 1 atom stereocenters. The molecule has 8 heteroatoms. The first-order valence-corrected chi connectivity index (χ1v) is 8.01. The van der Waals surface area contributed by atoms with Crippen LogP contribution in [-0.2, 0) is 4.79 Å². The molecule has 1 amide bonds. The number of rotatable bonds is 4. The molecule has 0 aliphatic carbocycles. The molecule has 1 saturated heterocycles.